The highest BCUT2D eigenvalue weighted by Gasteiger charge is 2.37. The van der Waals surface area contributed by atoms with Gasteiger partial charge >= 0.3 is 6.18 Å². The summed E-state index contributed by atoms with van der Waals surface area (Å²) in [4.78, 5) is 10.7. The Morgan fingerprint density at radius 2 is 1.88 bits per heavy atom. The molecule has 1 aliphatic rings. The molecule has 0 radical (unpaired) electrons. The van der Waals surface area contributed by atoms with E-state index in [2.05, 4.69) is 42.6 Å². The predicted octanol–water partition coefficient (Wildman–Crippen LogP) is 6.18. The molecule has 0 amide bonds. The van der Waals surface area contributed by atoms with E-state index in [1.54, 1.807) is 19.1 Å². The first kappa shape index (κ1) is 24.3. The number of aryl methyl sites for hydroxylation is 2. The smallest absolute Gasteiger partial charge is 0.324 e. The Kier molecular flexibility index (Phi) is 6.99. The summed E-state index contributed by atoms with van der Waals surface area (Å²) in [6.45, 7) is 8.24. The van der Waals surface area contributed by atoms with Crippen molar-refractivity contribution in [1.82, 2.24) is 25.1 Å². The zero-order valence-electron chi connectivity index (χ0n) is 19.2. The van der Waals surface area contributed by atoms with Gasteiger partial charge in [-0.1, -0.05) is 24.6 Å². The van der Waals surface area contributed by atoms with Crippen LogP contribution in [0.4, 0.5) is 36.4 Å². The van der Waals surface area contributed by atoms with Gasteiger partial charge in [-0.05, 0) is 69.4 Å². The van der Waals surface area contributed by atoms with Crippen LogP contribution in [0.1, 0.15) is 48.1 Å². The van der Waals surface area contributed by atoms with E-state index in [9.17, 15) is 13.2 Å². The number of aromatic nitrogens is 4. The molecular weight excluding hydrogens is 467 g/mol. The minimum atomic E-state index is -4.47. The lowest BCUT2D eigenvalue weighted by Gasteiger charge is -2.33. The number of likely N-dealkylation sites (tertiary alicyclic amines) is 1. The van der Waals surface area contributed by atoms with E-state index in [0.29, 0.717) is 41.3 Å². The molecule has 2 aromatic heterocycles. The number of nitrogens with one attached hydrogen (secondary N) is 3. The third-order valence-electron chi connectivity index (χ3n) is 6.12. The van der Waals surface area contributed by atoms with Crippen molar-refractivity contribution >= 4 is 34.9 Å². The summed E-state index contributed by atoms with van der Waals surface area (Å²) in [5, 5.41) is 13.1. The van der Waals surface area contributed by atoms with E-state index in [4.69, 9.17) is 11.6 Å². The van der Waals surface area contributed by atoms with Gasteiger partial charge in [-0.3, -0.25) is 5.10 Å². The van der Waals surface area contributed by atoms with Gasteiger partial charge < -0.3 is 15.5 Å². The average Bonchev–Trinajstić information content (AvgIpc) is 3.21. The van der Waals surface area contributed by atoms with Crippen molar-refractivity contribution < 1.29 is 13.2 Å². The van der Waals surface area contributed by atoms with Gasteiger partial charge in [0.2, 0.25) is 5.95 Å². The summed E-state index contributed by atoms with van der Waals surface area (Å²) >= 11 is 6.19. The summed E-state index contributed by atoms with van der Waals surface area (Å²) in [6, 6.07) is 4.59. The zero-order chi connectivity index (χ0) is 24.5. The number of benzene rings is 1. The summed E-state index contributed by atoms with van der Waals surface area (Å²) in [6.07, 6.45) is -1.66. The molecule has 0 atom stereocenters. The Morgan fingerprint density at radius 1 is 1.15 bits per heavy atom. The van der Waals surface area contributed by atoms with Crippen LogP contribution >= 0.6 is 11.6 Å². The first-order chi connectivity index (χ1) is 16.1. The number of nitrogens with zero attached hydrogens (tertiary/aromatic N) is 4. The largest absolute Gasteiger partial charge is 0.416 e. The molecule has 0 aliphatic carbocycles. The Bertz CT molecular complexity index is 1150. The third kappa shape index (κ3) is 5.44. The van der Waals surface area contributed by atoms with Crippen LogP contribution in [0.15, 0.2) is 24.4 Å². The number of aromatic amines is 1. The lowest BCUT2D eigenvalue weighted by Crippen LogP contribution is -2.33. The van der Waals surface area contributed by atoms with E-state index in [0.717, 1.165) is 25.3 Å². The van der Waals surface area contributed by atoms with Crippen molar-refractivity contribution in [3.8, 4) is 0 Å². The number of hydrogen-bond acceptors (Lipinski definition) is 6. The number of H-pyrrole nitrogens is 1. The van der Waals surface area contributed by atoms with Crippen LogP contribution in [-0.4, -0.2) is 44.7 Å². The molecule has 1 fully saturated rings. The van der Waals surface area contributed by atoms with Gasteiger partial charge in [0.1, 0.15) is 5.02 Å². The molecule has 4 rings (SSSR count). The molecule has 0 bridgehead atoms. The standard InChI is InChI=1S/C23H27ClF3N7/c1-4-34-7-5-15(6-8-34)16-9-13(2)19(11-17(16)23(25,26)27)29-22-28-12-18(24)21(31-22)30-20-10-14(3)32-33-20/h9-12,15H,4-8H2,1-3H3,(H3,28,29,30,31,32,33). The second-order valence-corrected chi connectivity index (χ2v) is 8.94. The number of halogens is 4. The van der Waals surface area contributed by atoms with Crippen molar-refractivity contribution in [3.05, 3.63) is 51.8 Å². The number of hydrogen-bond donors (Lipinski definition) is 3. The molecule has 1 aromatic carbocycles. The summed E-state index contributed by atoms with van der Waals surface area (Å²) in [7, 11) is 0. The quantitative estimate of drug-likeness (QED) is 0.380. The summed E-state index contributed by atoms with van der Waals surface area (Å²) in [5.41, 5.74) is 1.58. The van der Waals surface area contributed by atoms with Crippen LogP contribution < -0.4 is 10.6 Å². The second kappa shape index (κ2) is 9.79. The van der Waals surface area contributed by atoms with Crippen molar-refractivity contribution in [3.63, 3.8) is 0 Å². The van der Waals surface area contributed by atoms with E-state index in [1.165, 1.54) is 12.3 Å². The molecule has 11 heteroatoms. The average molecular weight is 494 g/mol. The van der Waals surface area contributed by atoms with Crippen molar-refractivity contribution in [2.75, 3.05) is 30.3 Å². The maximum absolute atomic E-state index is 14.1. The topological polar surface area (TPSA) is 81.8 Å². The molecule has 3 aromatic rings. The molecule has 3 N–H and O–H groups in total. The highest BCUT2D eigenvalue weighted by molar-refractivity contribution is 6.32. The van der Waals surface area contributed by atoms with E-state index < -0.39 is 11.7 Å². The van der Waals surface area contributed by atoms with Gasteiger partial charge in [-0.2, -0.15) is 23.3 Å². The predicted molar refractivity (Wildman–Crippen MR) is 127 cm³/mol. The fourth-order valence-corrected chi connectivity index (χ4v) is 4.39. The van der Waals surface area contributed by atoms with Gasteiger partial charge in [0.05, 0.1) is 11.8 Å². The maximum atomic E-state index is 14.1. The Balaban J connectivity index is 1.62. The number of anilines is 4. The zero-order valence-corrected chi connectivity index (χ0v) is 20.0. The van der Waals surface area contributed by atoms with Crippen LogP contribution in [0.5, 0.6) is 0 Å². The van der Waals surface area contributed by atoms with Crippen LogP contribution in [0.25, 0.3) is 0 Å². The first-order valence-electron chi connectivity index (χ1n) is 11.2. The minimum absolute atomic E-state index is 0.118. The Labute approximate surface area is 201 Å². The van der Waals surface area contributed by atoms with Gasteiger partial charge in [0, 0.05) is 17.4 Å². The monoisotopic (exact) mass is 493 g/mol. The lowest BCUT2D eigenvalue weighted by molar-refractivity contribution is -0.138. The SMILES string of the molecule is CCN1CCC(c2cc(C)c(Nc3ncc(Cl)c(Nc4cc(C)[nH]n4)n3)cc2C(F)(F)F)CC1. The molecule has 3 heterocycles. The van der Waals surface area contributed by atoms with Crippen LogP contribution in [-0.2, 0) is 6.18 Å². The van der Waals surface area contributed by atoms with E-state index >= 15 is 0 Å². The number of rotatable bonds is 6. The Hall–Kier alpha value is -2.85. The minimum Gasteiger partial charge on any atom is -0.324 e. The molecular formula is C23H27ClF3N7. The molecule has 182 valence electrons. The first-order valence-corrected chi connectivity index (χ1v) is 11.5. The maximum Gasteiger partial charge on any atom is 0.416 e. The number of alkyl halides is 3. The van der Waals surface area contributed by atoms with Crippen LogP contribution in [0.3, 0.4) is 0 Å². The van der Waals surface area contributed by atoms with Gasteiger partial charge in [-0.15, -0.1) is 0 Å². The molecule has 1 saturated heterocycles. The van der Waals surface area contributed by atoms with Gasteiger partial charge in [-0.25, -0.2) is 4.98 Å². The summed E-state index contributed by atoms with van der Waals surface area (Å²) < 4.78 is 42.2. The highest BCUT2D eigenvalue weighted by atomic mass is 35.5. The molecule has 0 saturated carbocycles. The fraction of sp³-hybridized carbons (Fsp3) is 0.435. The van der Waals surface area contributed by atoms with Gasteiger partial charge in [0.15, 0.2) is 11.6 Å². The lowest BCUT2D eigenvalue weighted by atomic mass is 9.85. The molecule has 0 spiro atoms. The van der Waals surface area contributed by atoms with Crippen molar-refractivity contribution in [2.45, 2.75) is 45.7 Å². The fourth-order valence-electron chi connectivity index (χ4n) is 4.25. The van der Waals surface area contributed by atoms with Crippen LogP contribution in [0, 0.1) is 13.8 Å². The van der Waals surface area contributed by atoms with Gasteiger partial charge in [0.25, 0.3) is 0 Å². The summed E-state index contributed by atoms with van der Waals surface area (Å²) in [5.74, 6) is 0.809. The van der Waals surface area contributed by atoms with Crippen molar-refractivity contribution in [1.29, 1.82) is 0 Å². The normalized spacial score (nSPS) is 15.5. The van der Waals surface area contributed by atoms with Crippen molar-refractivity contribution in [2.24, 2.45) is 0 Å². The van der Waals surface area contributed by atoms with Crippen LogP contribution in [0.2, 0.25) is 5.02 Å². The third-order valence-corrected chi connectivity index (χ3v) is 6.40. The number of piperidine rings is 1. The highest BCUT2D eigenvalue weighted by Crippen LogP contribution is 2.41. The Morgan fingerprint density at radius 3 is 2.50 bits per heavy atom. The van der Waals surface area contributed by atoms with E-state index in [-0.39, 0.29) is 16.9 Å². The second-order valence-electron chi connectivity index (χ2n) is 8.54. The molecule has 7 nitrogen and oxygen atoms in total. The van der Waals surface area contributed by atoms with E-state index in [1.807, 2.05) is 6.92 Å². The molecule has 0 unspecified atom stereocenters. The molecule has 1 aliphatic heterocycles. The molecule has 34 heavy (non-hydrogen) atoms.